The lowest BCUT2D eigenvalue weighted by Crippen LogP contribution is -2.10. The Balaban J connectivity index is 1.88. The van der Waals surface area contributed by atoms with Crippen LogP contribution in [0.1, 0.15) is 24.5 Å². The SMILES string of the molecule is CC/C(Nc1cnn(C)c1)=C1\C=C(c2cnccc2C)NC1. The smallest absolute Gasteiger partial charge is 0.0768 e. The first kappa shape index (κ1) is 14.4. The summed E-state index contributed by atoms with van der Waals surface area (Å²) in [6.45, 7) is 5.10. The molecule has 0 fully saturated rings. The van der Waals surface area contributed by atoms with Crippen LogP contribution < -0.4 is 10.6 Å². The van der Waals surface area contributed by atoms with Crippen molar-refractivity contribution in [1.82, 2.24) is 20.1 Å². The monoisotopic (exact) mass is 295 g/mol. The van der Waals surface area contributed by atoms with Crippen LogP contribution in [0.3, 0.4) is 0 Å². The lowest BCUT2D eigenvalue weighted by Gasteiger charge is -2.09. The molecule has 0 saturated heterocycles. The zero-order chi connectivity index (χ0) is 15.5. The number of anilines is 1. The average Bonchev–Trinajstić information content (AvgIpc) is 3.14. The zero-order valence-electron chi connectivity index (χ0n) is 13.2. The Bertz CT molecular complexity index is 739. The minimum absolute atomic E-state index is 0.833. The van der Waals surface area contributed by atoms with E-state index >= 15 is 0 Å². The normalized spacial score (nSPS) is 16.2. The molecule has 2 aromatic rings. The van der Waals surface area contributed by atoms with Crippen molar-refractivity contribution in [1.29, 1.82) is 0 Å². The van der Waals surface area contributed by atoms with Gasteiger partial charge in [-0.25, -0.2) is 0 Å². The molecular formula is C17H21N5. The molecule has 0 aromatic carbocycles. The van der Waals surface area contributed by atoms with Crippen molar-refractivity contribution in [3.8, 4) is 0 Å². The highest BCUT2D eigenvalue weighted by atomic mass is 15.3. The molecule has 0 unspecified atom stereocenters. The lowest BCUT2D eigenvalue weighted by molar-refractivity contribution is 0.768. The summed E-state index contributed by atoms with van der Waals surface area (Å²) in [4.78, 5) is 4.23. The molecule has 1 aliphatic heterocycles. The van der Waals surface area contributed by atoms with Crippen molar-refractivity contribution in [3.63, 3.8) is 0 Å². The van der Waals surface area contributed by atoms with E-state index in [1.54, 1.807) is 4.68 Å². The Morgan fingerprint density at radius 2 is 2.27 bits per heavy atom. The van der Waals surface area contributed by atoms with Crippen LogP contribution in [-0.4, -0.2) is 21.3 Å². The maximum absolute atomic E-state index is 4.23. The predicted molar refractivity (Wildman–Crippen MR) is 89.1 cm³/mol. The van der Waals surface area contributed by atoms with Crippen molar-refractivity contribution in [2.24, 2.45) is 7.05 Å². The third-order valence-electron chi connectivity index (χ3n) is 3.86. The number of rotatable bonds is 4. The summed E-state index contributed by atoms with van der Waals surface area (Å²) in [7, 11) is 1.92. The van der Waals surface area contributed by atoms with Gasteiger partial charge in [0.25, 0.3) is 0 Å². The molecule has 5 nitrogen and oxygen atoms in total. The van der Waals surface area contributed by atoms with E-state index in [2.05, 4.69) is 40.6 Å². The maximum Gasteiger partial charge on any atom is 0.0768 e. The zero-order valence-corrected chi connectivity index (χ0v) is 13.2. The van der Waals surface area contributed by atoms with Crippen LogP contribution in [0.25, 0.3) is 5.70 Å². The highest BCUT2D eigenvalue weighted by Gasteiger charge is 2.15. The van der Waals surface area contributed by atoms with Gasteiger partial charge >= 0.3 is 0 Å². The minimum Gasteiger partial charge on any atom is -0.380 e. The number of hydrogen-bond donors (Lipinski definition) is 2. The van der Waals surface area contributed by atoms with E-state index in [0.717, 1.165) is 29.9 Å². The third kappa shape index (κ3) is 2.88. The van der Waals surface area contributed by atoms with Gasteiger partial charge in [0, 0.05) is 49.1 Å². The van der Waals surface area contributed by atoms with Gasteiger partial charge in [-0.05, 0) is 36.6 Å². The fourth-order valence-corrected chi connectivity index (χ4v) is 2.64. The Labute approximate surface area is 130 Å². The first-order valence-electron chi connectivity index (χ1n) is 7.51. The number of aryl methyl sites for hydroxylation is 2. The Hall–Kier alpha value is -2.56. The van der Waals surface area contributed by atoms with E-state index in [1.165, 1.54) is 16.8 Å². The van der Waals surface area contributed by atoms with Crippen molar-refractivity contribution in [2.45, 2.75) is 20.3 Å². The quantitative estimate of drug-likeness (QED) is 0.910. The van der Waals surface area contributed by atoms with Crippen LogP contribution in [0.4, 0.5) is 5.69 Å². The molecule has 1 aliphatic rings. The molecule has 5 heteroatoms. The summed E-state index contributed by atoms with van der Waals surface area (Å²) in [5, 5.41) is 11.1. The van der Waals surface area contributed by atoms with Crippen molar-refractivity contribution >= 4 is 11.4 Å². The first-order valence-corrected chi connectivity index (χ1v) is 7.51. The van der Waals surface area contributed by atoms with E-state index < -0.39 is 0 Å². The minimum atomic E-state index is 0.833. The first-order chi connectivity index (χ1) is 10.7. The molecule has 2 aromatic heterocycles. The van der Waals surface area contributed by atoms with Crippen LogP contribution in [0.2, 0.25) is 0 Å². The van der Waals surface area contributed by atoms with E-state index in [9.17, 15) is 0 Å². The van der Waals surface area contributed by atoms with Crippen molar-refractivity contribution in [3.05, 3.63) is 59.3 Å². The molecular weight excluding hydrogens is 274 g/mol. The molecule has 0 spiro atoms. The molecule has 0 bridgehead atoms. The van der Waals surface area contributed by atoms with Crippen LogP contribution in [0.15, 0.2) is 48.2 Å². The third-order valence-corrected chi connectivity index (χ3v) is 3.86. The number of pyridine rings is 1. The van der Waals surface area contributed by atoms with Gasteiger partial charge in [-0.15, -0.1) is 0 Å². The van der Waals surface area contributed by atoms with Crippen molar-refractivity contribution < 1.29 is 0 Å². The summed E-state index contributed by atoms with van der Waals surface area (Å²) in [5.74, 6) is 0. The van der Waals surface area contributed by atoms with E-state index in [4.69, 9.17) is 0 Å². The highest BCUT2D eigenvalue weighted by molar-refractivity contribution is 5.72. The molecule has 0 amide bonds. The largest absolute Gasteiger partial charge is 0.380 e. The average molecular weight is 295 g/mol. The number of allylic oxidation sites excluding steroid dienone is 1. The molecule has 22 heavy (non-hydrogen) atoms. The molecule has 0 radical (unpaired) electrons. The van der Waals surface area contributed by atoms with Crippen LogP contribution >= 0.6 is 0 Å². The summed E-state index contributed by atoms with van der Waals surface area (Å²) in [6.07, 6.45) is 10.7. The van der Waals surface area contributed by atoms with Gasteiger partial charge in [0.2, 0.25) is 0 Å². The van der Waals surface area contributed by atoms with Crippen LogP contribution in [0, 0.1) is 6.92 Å². The summed E-state index contributed by atoms with van der Waals surface area (Å²) in [5.41, 5.74) is 7.05. The van der Waals surface area contributed by atoms with Gasteiger partial charge in [-0.2, -0.15) is 5.10 Å². The van der Waals surface area contributed by atoms with Gasteiger partial charge in [-0.1, -0.05) is 6.92 Å². The second-order valence-electron chi connectivity index (χ2n) is 5.49. The molecule has 3 rings (SSSR count). The Morgan fingerprint density at radius 3 is 2.95 bits per heavy atom. The fraction of sp³-hybridized carbons (Fsp3) is 0.294. The Morgan fingerprint density at radius 1 is 1.41 bits per heavy atom. The predicted octanol–water partition coefficient (Wildman–Crippen LogP) is 2.84. The molecule has 0 atom stereocenters. The van der Waals surface area contributed by atoms with Crippen LogP contribution in [-0.2, 0) is 7.05 Å². The number of aromatic nitrogens is 3. The van der Waals surface area contributed by atoms with E-state index in [1.807, 2.05) is 37.9 Å². The van der Waals surface area contributed by atoms with Gasteiger partial charge in [0.15, 0.2) is 0 Å². The highest BCUT2D eigenvalue weighted by Crippen LogP contribution is 2.25. The van der Waals surface area contributed by atoms with E-state index in [-0.39, 0.29) is 0 Å². The molecule has 2 N–H and O–H groups in total. The fourth-order valence-electron chi connectivity index (χ4n) is 2.64. The lowest BCUT2D eigenvalue weighted by atomic mass is 10.1. The van der Waals surface area contributed by atoms with Gasteiger partial charge < -0.3 is 10.6 Å². The summed E-state index contributed by atoms with van der Waals surface area (Å²) in [6, 6.07) is 2.04. The summed E-state index contributed by atoms with van der Waals surface area (Å²) < 4.78 is 1.80. The van der Waals surface area contributed by atoms with Gasteiger partial charge in [0.1, 0.15) is 0 Å². The molecule has 0 saturated carbocycles. The van der Waals surface area contributed by atoms with E-state index in [0.29, 0.717) is 0 Å². The number of nitrogens with zero attached hydrogens (tertiary/aromatic N) is 3. The van der Waals surface area contributed by atoms with Gasteiger partial charge in [-0.3, -0.25) is 9.67 Å². The van der Waals surface area contributed by atoms with Gasteiger partial charge in [0.05, 0.1) is 11.9 Å². The Kier molecular flexibility index (Phi) is 3.96. The topological polar surface area (TPSA) is 54.8 Å². The summed E-state index contributed by atoms with van der Waals surface area (Å²) >= 11 is 0. The molecule has 114 valence electrons. The van der Waals surface area contributed by atoms with Crippen molar-refractivity contribution in [2.75, 3.05) is 11.9 Å². The maximum atomic E-state index is 4.23. The molecule has 3 heterocycles. The second-order valence-corrected chi connectivity index (χ2v) is 5.49. The van der Waals surface area contributed by atoms with Crippen LogP contribution in [0.5, 0.6) is 0 Å². The standard InChI is InChI=1S/C17H21N5/c1-4-16(21-14-9-20-22(3)11-14)13-7-17(19-8-13)15-10-18-6-5-12(15)2/h5-7,9-11,19,21H,4,8H2,1-3H3/b16-13-. The molecule has 0 aliphatic carbocycles. The number of hydrogen-bond acceptors (Lipinski definition) is 4. The second kappa shape index (κ2) is 6.05. The number of nitrogens with one attached hydrogen (secondary N) is 2.